The molecule has 0 aromatic carbocycles. The minimum atomic E-state index is 0.608. The SMILES string of the molecule is CC(C)CCCNc1cc(N)ns1. The predicted octanol–water partition coefficient (Wildman–Crippen LogP) is 2.57. The molecular formula is C9H17N3S. The lowest BCUT2D eigenvalue weighted by atomic mass is 10.1. The Bertz CT molecular complexity index is 245. The van der Waals surface area contributed by atoms with E-state index in [0.29, 0.717) is 5.82 Å². The van der Waals surface area contributed by atoms with E-state index in [9.17, 15) is 0 Å². The molecule has 74 valence electrons. The van der Waals surface area contributed by atoms with Crippen LogP contribution in [0.3, 0.4) is 0 Å². The van der Waals surface area contributed by atoms with Crippen molar-refractivity contribution < 1.29 is 0 Å². The van der Waals surface area contributed by atoms with Gasteiger partial charge in [-0.1, -0.05) is 13.8 Å². The molecule has 0 fully saturated rings. The minimum Gasteiger partial charge on any atom is -0.383 e. The Kier molecular flexibility index (Phi) is 4.02. The maximum absolute atomic E-state index is 5.49. The maximum atomic E-state index is 5.49. The van der Waals surface area contributed by atoms with Gasteiger partial charge in [-0.3, -0.25) is 0 Å². The molecule has 0 radical (unpaired) electrons. The quantitative estimate of drug-likeness (QED) is 0.717. The molecule has 0 unspecified atom stereocenters. The zero-order valence-electron chi connectivity index (χ0n) is 8.21. The summed E-state index contributed by atoms with van der Waals surface area (Å²) >= 11 is 1.42. The highest BCUT2D eigenvalue weighted by Gasteiger charge is 1.97. The van der Waals surface area contributed by atoms with Crippen molar-refractivity contribution in [2.75, 3.05) is 17.6 Å². The Morgan fingerprint density at radius 2 is 2.38 bits per heavy atom. The number of hydrogen-bond donors (Lipinski definition) is 2. The molecule has 1 aromatic rings. The van der Waals surface area contributed by atoms with Crippen molar-refractivity contribution in [3.8, 4) is 0 Å². The molecule has 0 spiro atoms. The van der Waals surface area contributed by atoms with Crippen molar-refractivity contribution in [2.24, 2.45) is 5.92 Å². The minimum absolute atomic E-state index is 0.608. The molecule has 0 saturated carbocycles. The van der Waals surface area contributed by atoms with Gasteiger partial charge in [0.15, 0.2) is 0 Å². The smallest absolute Gasteiger partial charge is 0.139 e. The molecule has 3 nitrogen and oxygen atoms in total. The Balaban J connectivity index is 2.13. The number of nitrogens with two attached hydrogens (primary N) is 1. The van der Waals surface area contributed by atoms with Gasteiger partial charge in [0.25, 0.3) is 0 Å². The van der Waals surface area contributed by atoms with Gasteiger partial charge < -0.3 is 11.1 Å². The molecule has 0 aliphatic heterocycles. The van der Waals surface area contributed by atoms with Crippen LogP contribution in [0.2, 0.25) is 0 Å². The first-order valence-electron chi connectivity index (χ1n) is 4.64. The number of nitrogen functional groups attached to an aromatic ring is 1. The van der Waals surface area contributed by atoms with Crippen LogP contribution >= 0.6 is 11.5 Å². The summed E-state index contributed by atoms with van der Waals surface area (Å²) in [6.07, 6.45) is 2.47. The number of rotatable bonds is 5. The van der Waals surface area contributed by atoms with Crippen LogP contribution < -0.4 is 11.1 Å². The summed E-state index contributed by atoms with van der Waals surface area (Å²) in [7, 11) is 0. The van der Waals surface area contributed by atoms with Crippen LogP contribution in [0, 0.1) is 5.92 Å². The molecule has 0 bridgehead atoms. The molecule has 1 heterocycles. The Morgan fingerprint density at radius 1 is 1.62 bits per heavy atom. The normalized spacial score (nSPS) is 10.7. The number of nitrogens with zero attached hydrogens (tertiary/aromatic N) is 1. The van der Waals surface area contributed by atoms with Crippen molar-refractivity contribution in [3.63, 3.8) is 0 Å². The van der Waals surface area contributed by atoms with Gasteiger partial charge in [0.2, 0.25) is 0 Å². The van der Waals surface area contributed by atoms with Crippen LogP contribution in [0.25, 0.3) is 0 Å². The van der Waals surface area contributed by atoms with Gasteiger partial charge in [0.05, 0.1) is 0 Å². The molecule has 1 aromatic heterocycles. The predicted molar refractivity (Wildman–Crippen MR) is 59.1 cm³/mol. The topological polar surface area (TPSA) is 50.9 Å². The standard InChI is InChI=1S/C9H17N3S/c1-7(2)4-3-5-11-9-6-8(10)12-13-9/h6-7,11H,3-5H2,1-2H3,(H2,10,12). The van der Waals surface area contributed by atoms with Crippen LogP contribution in [-0.4, -0.2) is 10.9 Å². The Labute approximate surface area is 83.5 Å². The third-order valence-electron chi connectivity index (χ3n) is 1.79. The van der Waals surface area contributed by atoms with Crippen molar-refractivity contribution >= 4 is 22.4 Å². The summed E-state index contributed by atoms with van der Waals surface area (Å²) in [5, 5.41) is 4.37. The third kappa shape index (κ3) is 4.12. The van der Waals surface area contributed by atoms with Crippen LogP contribution in [0.4, 0.5) is 10.8 Å². The summed E-state index contributed by atoms with van der Waals surface area (Å²) < 4.78 is 3.99. The average molecular weight is 199 g/mol. The third-order valence-corrected chi connectivity index (χ3v) is 2.55. The number of anilines is 2. The fourth-order valence-corrected chi connectivity index (χ4v) is 1.69. The summed E-state index contributed by atoms with van der Waals surface area (Å²) in [6, 6.07) is 1.88. The van der Waals surface area contributed by atoms with Crippen molar-refractivity contribution in [3.05, 3.63) is 6.07 Å². The molecule has 0 aliphatic carbocycles. The van der Waals surface area contributed by atoms with Crippen LogP contribution in [0.1, 0.15) is 26.7 Å². The number of hydrogen-bond acceptors (Lipinski definition) is 4. The fourth-order valence-electron chi connectivity index (χ4n) is 1.09. The highest BCUT2D eigenvalue weighted by atomic mass is 32.1. The summed E-state index contributed by atoms with van der Waals surface area (Å²) in [5.41, 5.74) is 5.49. The van der Waals surface area contributed by atoms with Crippen LogP contribution in [0.5, 0.6) is 0 Å². The van der Waals surface area contributed by atoms with Gasteiger partial charge in [-0.15, -0.1) is 0 Å². The van der Waals surface area contributed by atoms with Crippen LogP contribution in [0.15, 0.2) is 6.07 Å². The van der Waals surface area contributed by atoms with Gasteiger partial charge in [0, 0.05) is 12.6 Å². The second-order valence-corrected chi connectivity index (χ2v) is 4.38. The lowest BCUT2D eigenvalue weighted by Gasteiger charge is -2.04. The van der Waals surface area contributed by atoms with Gasteiger partial charge in [-0.05, 0) is 30.3 Å². The van der Waals surface area contributed by atoms with E-state index in [-0.39, 0.29) is 0 Å². The summed E-state index contributed by atoms with van der Waals surface area (Å²) in [4.78, 5) is 0. The fraction of sp³-hybridized carbons (Fsp3) is 0.667. The van der Waals surface area contributed by atoms with Gasteiger partial charge in [-0.25, -0.2) is 0 Å². The van der Waals surface area contributed by atoms with Crippen molar-refractivity contribution in [2.45, 2.75) is 26.7 Å². The van der Waals surface area contributed by atoms with Crippen molar-refractivity contribution in [1.29, 1.82) is 0 Å². The summed E-state index contributed by atoms with van der Waals surface area (Å²) in [5.74, 6) is 1.39. The summed E-state index contributed by atoms with van der Waals surface area (Å²) in [6.45, 7) is 5.50. The zero-order valence-corrected chi connectivity index (χ0v) is 9.03. The molecule has 3 N–H and O–H groups in total. The second kappa shape index (κ2) is 5.07. The molecule has 0 atom stereocenters. The lowest BCUT2D eigenvalue weighted by Crippen LogP contribution is -2.01. The molecule has 4 heteroatoms. The Morgan fingerprint density at radius 3 is 2.92 bits per heavy atom. The van der Waals surface area contributed by atoms with E-state index in [1.54, 1.807) is 0 Å². The van der Waals surface area contributed by atoms with E-state index in [0.717, 1.165) is 17.5 Å². The Hall–Kier alpha value is -0.770. The molecule has 13 heavy (non-hydrogen) atoms. The van der Waals surface area contributed by atoms with E-state index in [2.05, 4.69) is 23.5 Å². The monoisotopic (exact) mass is 199 g/mol. The highest BCUT2D eigenvalue weighted by molar-refractivity contribution is 7.10. The number of aromatic nitrogens is 1. The lowest BCUT2D eigenvalue weighted by molar-refractivity contribution is 0.567. The first-order valence-corrected chi connectivity index (χ1v) is 5.42. The molecule has 0 aliphatic rings. The van der Waals surface area contributed by atoms with E-state index in [1.807, 2.05) is 6.07 Å². The zero-order chi connectivity index (χ0) is 9.68. The molecule has 0 amide bonds. The highest BCUT2D eigenvalue weighted by Crippen LogP contribution is 2.17. The van der Waals surface area contributed by atoms with Gasteiger partial charge in [0.1, 0.15) is 10.8 Å². The number of nitrogens with one attached hydrogen (secondary N) is 1. The maximum Gasteiger partial charge on any atom is 0.139 e. The van der Waals surface area contributed by atoms with Gasteiger partial charge in [-0.2, -0.15) is 4.37 Å². The first kappa shape index (κ1) is 10.3. The largest absolute Gasteiger partial charge is 0.383 e. The van der Waals surface area contributed by atoms with Crippen LogP contribution in [-0.2, 0) is 0 Å². The average Bonchev–Trinajstić information content (AvgIpc) is 2.45. The van der Waals surface area contributed by atoms with Gasteiger partial charge >= 0.3 is 0 Å². The van der Waals surface area contributed by atoms with E-state index in [1.165, 1.54) is 24.4 Å². The second-order valence-electron chi connectivity index (χ2n) is 3.58. The van der Waals surface area contributed by atoms with E-state index >= 15 is 0 Å². The van der Waals surface area contributed by atoms with Crippen molar-refractivity contribution in [1.82, 2.24) is 4.37 Å². The molecular weight excluding hydrogens is 182 g/mol. The van der Waals surface area contributed by atoms with E-state index < -0.39 is 0 Å². The molecule has 1 rings (SSSR count). The van der Waals surface area contributed by atoms with E-state index in [4.69, 9.17) is 5.73 Å². The molecule has 0 saturated heterocycles. The first-order chi connectivity index (χ1) is 6.18.